The standard InChI is InChI=1S/C8H8FN.C6H14/c1-2-6-3-4-8(10)7(9)5-6;1-5-6(2,3)4/h2-5H,1,10H2;5H2,1-4H3. The summed E-state index contributed by atoms with van der Waals surface area (Å²) in [6.07, 6.45) is 2.84. The molecular formula is C14H22FN. The van der Waals surface area contributed by atoms with Crippen LogP contribution in [0.5, 0.6) is 0 Å². The fraction of sp³-hybridized carbons (Fsp3) is 0.429. The van der Waals surface area contributed by atoms with Crippen molar-refractivity contribution < 1.29 is 4.39 Å². The van der Waals surface area contributed by atoms with Gasteiger partial charge in [0.05, 0.1) is 5.69 Å². The molecule has 0 fully saturated rings. The Morgan fingerprint density at radius 1 is 1.38 bits per heavy atom. The van der Waals surface area contributed by atoms with E-state index in [9.17, 15) is 4.39 Å². The number of benzene rings is 1. The zero-order valence-corrected chi connectivity index (χ0v) is 10.7. The van der Waals surface area contributed by atoms with Crippen LogP contribution in [0.2, 0.25) is 0 Å². The molecule has 1 nitrogen and oxygen atoms in total. The smallest absolute Gasteiger partial charge is 0.146 e. The van der Waals surface area contributed by atoms with Crippen molar-refractivity contribution in [2.75, 3.05) is 5.73 Å². The van der Waals surface area contributed by atoms with E-state index >= 15 is 0 Å². The summed E-state index contributed by atoms with van der Waals surface area (Å²) in [5.74, 6) is -0.391. The average Bonchev–Trinajstić information content (AvgIpc) is 2.22. The predicted molar refractivity (Wildman–Crippen MR) is 70.6 cm³/mol. The van der Waals surface area contributed by atoms with Gasteiger partial charge in [0, 0.05) is 0 Å². The Morgan fingerprint density at radius 2 is 1.88 bits per heavy atom. The maximum absolute atomic E-state index is 12.6. The molecule has 2 heteroatoms. The molecule has 0 spiro atoms. The normalized spacial score (nSPS) is 10.3. The first-order chi connectivity index (χ1) is 7.30. The number of halogens is 1. The Bertz CT molecular complexity index is 337. The van der Waals surface area contributed by atoms with Gasteiger partial charge in [0.25, 0.3) is 0 Å². The van der Waals surface area contributed by atoms with Gasteiger partial charge in [0.2, 0.25) is 0 Å². The number of nitrogens with two attached hydrogens (primary N) is 1. The molecular weight excluding hydrogens is 201 g/mol. The molecule has 0 aliphatic rings. The minimum atomic E-state index is -0.391. The second-order valence-corrected chi connectivity index (χ2v) is 4.90. The molecule has 1 aromatic rings. The summed E-state index contributed by atoms with van der Waals surface area (Å²) >= 11 is 0. The highest BCUT2D eigenvalue weighted by Crippen LogP contribution is 2.16. The maximum Gasteiger partial charge on any atom is 0.146 e. The minimum Gasteiger partial charge on any atom is -0.396 e. The van der Waals surface area contributed by atoms with Crippen LogP contribution < -0.4 is 5.73 Å². The maximum atomic E-state index is 12.6. The number of anilines is 1. The molecule has 0 saturated heterocycles. The first kappa shape index (κ1) is 14.7. The Kier molecular flexibility index (Phi) is 5.79. The zero-order chi connectivity index (χ0) is 12.8. The first-order valence-corrected chi connectivity index (χ1v) is 5.47. The van der Waals surface area contributed by atoms with Crippen LogP contribution in [-0.2, 0) is 0 Å². The highest BCUT2D eigenvalue weighted by molar-refractivity contribution is 5.52. The summed E-state index contributed by atoms with van der Waals surface area (Å²) in [6.45, 7) is 12.4. The largest absolute Gasteiger partial charge is 0.396 e. The van der Waals surface area contributed by atoms with Gasteiger partial charge >= 0.3 is 0 Å². The highest BCUT2D eigenvalue weighted by atomic mass is 19.1. The molecule has 0 amide bonds. The Morgan fingerprint density at radius 3 is 2.19 bits per heavy atom. The van der Waals surface area contributed by atoms with Gasteiger partial charge < -0.3 is 5.73 Å². The van der Waals surface area contributed by atoms with E-state index in [0.717, 1.165) is 5.56 Å². The number of hydrogen-bond donors (Lipinski definition) is 1. The van der Waals surface area contributed by atoms with Gasteiger partial charge in [0.15, 0.2) is 0 Å². The van der Waals surface area contributed by atoms with Crippen molar-refractivity contribution in [2.45, 2.75) is 34.1 Å². The fourth-order valence-corrected chi connectivity index (χ4v) is 0.670. The fourth-order valence-electron chi connectivity index (χ4n) is 0.670. The molecule has 0 heterocycles. The van der Waals surface area contributed by atoms with Gasteiger partial charge in [-0.15, -0.1) is 0 Å². The number of nitrogen functional groups attached to an aromatic ring is 1. The van der Waals surface area contributed by atoms with E-state index in [1.165, 1.54) is 18.6 Å². The molecule has 0 bridgehead atoms. The lowest BCUT2D eigenvalue weighted by molar-refractivity contribution is 0.398. The third kappa shape index (κ3) is 6.23. The molecule has 0 aliphatic heterocycles. The minimum absolute atomic E-state index is 0.172. The van der Waals surface area contributed by atoms with Crippen molar-refractivity contribution in [1.82, 2.24) is 0 Å². The SMILES string of the molecule is C=Cc1ccc(N)c(F)c1.CCC(C)(C)C. The van der Waals surface area contributed by atoms with Gasteiger partial charge in [-0.05, 0) is 23.1 Å². The molecule has 16 heavy (non-hydrogen) atoms. The lowest BCUT2D eigenvalue weighted by Gasteiger charge is -2.12. The van der Waals surface area contributed by atoms with Gasteiger partial charge in [-0.1, -0.05) is 52.8 Å². The Balaban J connectivity index is 0.000000325. The Labute approximate surface area is 98.2 Å². The van der Waals surface area contributed by atoms with Gasteiger partial charge in [0.1, 0.15) is 5.82 Å². The third-order valence-electron chi connectivity index (χ3n) is 2.32. The predicted octanol–water partition coefficient (Wildman–Crippen LogP) is 4.49. The van der Waals surface area contributed by atoms with Crippen LogP contribution in [0.15, 0.2) is 24.8 Å². The van der Waals surface area contributed by atoms with Crippen LogP contribution in [0.3, 0.4) is 0 Å². The van der Waals surface area contributed by atoms with Crippen LogP contribution in [0, 0.1) is 11.2 Å². The quantitative estimate of drug-likeness (QED) is 0.697. The summed E-state index contributed by atoms with van der Waals surface area (Å²) in [4.78, 5) is 0. The molecule has 0 unspecified atom stereocenters. The molecule has 0 atom stereocenters. The molecule has 1 rings (SSSR count). The van der Waals surface area contributed by atoms with Crippen molar-refractivity contribution in [2.24, 2.45) is 5.41 Å². The summed E-state index contributed by atoms with van der Waals surface area (Å²) in [7, 11) is 0. The molecule has 0 saturated carbocycles. The van der Waals surface area contributed by atoms with Gasteiger partial charge in [-0.3, -0.25) is 0 Å². The second-order valence-electron chi connectivity index (χ2n) is 4.90. The van der Waals surface area contributed by atoms with E-state index < -0.39 is 5.82 Å². The molecule has 0 aliphatic carbocycles. The monoisotopic (exact) mass is 223 g/mol. The van der Waals surface area contributed by atoms with E-state index in [1.54, 1.807) is 12.1 Å². The summed E-state index contributed by atoms with van der Waals surface area (Å²) in [6, 6.07) is 4.58. The van der Waals surface area contributed by atoms with Crippen LogP contribution in [0.4, 0.5) is 10.1 Å². The van der Waals surface area contributed by atoms with Crippen LogP contribution in [0.1, 0.15) is 39.7 Å². The van der Waals surface area contributed by atoms with Gasteiger partial charge in [-0.2, -0.15) is 0 Å². The van der Waals surface area contributed by atoms with E-state index in [1.807, 2.05) is 0 Å². The van der Waals surface area contributed by atoms with E-state index in [0.29, 0.717) is 5.41 Å². The van der Waals surface area contributed by atoms with E-state index in [4.69, 9.17) is 5.73 Å². The lowest BCUT2D eigenvalue weighted by atomic mass is 9.94. The van der Waals surface area contributed by atoms with Crippen LogP contribution >= 0.6 is 0 Å². The van der Waals surface area contributed by atoms with Crippen molar-refractivity contribution in [3.63, 3.8) is 0 Å². The summed E-state index contributed by atoms with van der Waals surface area (Å²) in [5.41, 5.74) is 6.69. The second kappa shape index (κ2) is 6.31. The molecule has 1 aromatic carbocycles. The zero-order valence-electron chi connectivity index (χ0n) is 10.7. The van der Waals surface area contributed by atoms with Crippen molar-refractivity contribution in [1.29, 1.82) is 0 Å². The third-order valence-corrected chi connectivity index (χ3v) is 2.32. The van der Waals surface area contributed by atoms with Crippen molar-refractivity contribution >= 4 is 11.8 Å². The van der Waals surface area contributed by atoms with Crippen LogP contribution in [-0.4, -0.2) is 0 Å². The molecule has 2 N–H and O–H groups in total. The number of rotatable bonds is 1. The average molecular weight is 223 g/mol. The Hall–Kier alpha value is -1.31. The van der Waals surface area contributed by atoms with Crippen molar-refractivity contribution in [3.8, 4) is 0 Å². The topological polar surface area (TPSA) is 26.0 Å². The lowest BCUT2D eigenvalue weighted by Crippen LogP contribution is -2.00. The molecule has 0 aromatic heterocycles. The summed E-state index contributed by atoms with van der Waals surface area (Å²) in [5, 5.41) is 0. The van der Waals surface area contributed by atoms with E-state index in [-0.39, 0.29) is 5.69 Å². The number of hydrogen-bond acceptors (Lipinski definition) is 1. The molecule has 90 valence electrons. The molecule has 0 radical (unpaired) electrons. The van der Waals surface area contributed by atoms with Crippen LogP contribution in [0.25, 0.3) is 6.08 Å². The van der Waals surface area contributed by atoms with E-state index in [2.05, 4.69) is 34.3 Å². The summed E-state index contributed by atoms with van der Waals surface area (Å²) < 4.78 is 12.6. The highest BCUT2D eigenvalue weighted by Gasteiger charge is 2.03. The van der Waals surface area contributed by atoms with Gasteiger partial charge in [-0.25, -0.2) is 4.39 Å². The first-order valence-electron chi connectivity index (χ1n) is 5.47. The van der Waals surface area contributed by atoms with Crippen molar-refractivity contribution in [3.05, 3.63) is 36.2 Å².